The summed E-state index contributed by atoms with van der Waals surface area (Å²) >= 11 is 0. The van der Waals surface area contributed by atoms with E-state index in [1.807, 2.05) is 0 Å². The van der Waals surface area contributed by atoms with Gasteiger partial charge in [0.15, 0.2) is 6.29 Å². The molecule has 1 rings (SSSR count). The number of rotatable bonds is 6. The van der Waals surface area contributed by atoms with Gasteiger partial charge >= 0.3 is 0 Å². The minimum atomic E-state index is -0.0842. The fraction of sp³-hybridized carbons (Fsp3) is 1.00. The number of likely N-dealkylation sites (N-methyl/N-ethyl adjacent to an activating group) is 1. The zero-order valence-corrected chi connectivity index (χ0v) is 9.12. The quantitative estimate of drug-likeness (QED) is 0.583. The first-order chi connectivity index (χ1) is 6.17. The van der Waals surface area contributed by atoms with Gasteiger partial charge in [0.2, 0.25) is 0 Å². The first kappa shape index (κ1) is 11.0. The average Bonchev–Trinajstić information content (AvgIpc) is 2.77. The Bertz CT molecular complexity index is 148. The summed E-state index contributed by atoms with van der Waals surface area (Å²) in [5.41, 5.74) is 0. The molecule has 1 aliphatic carbocycles. The van der Waals surface area contributed by atoms with Crippen LogP contribution in [0.4, 0.5) is 0 Å². The summed E-state index contributed by atoms with van der Waals surface area (Å²) in [6.45, 7) is 4.34. The van der Waals surface area contributed by atoms with E-state index in [1.54, 1.807) is 14.2 Å². The van der Waals surface area contributed by atoms with Crippen LogP contribution in [0.3, 0.4) is 0 Å². The molecule has 0 aromatic rings. The molecule has 0 spiro atoms. The lowest BCUT2D eigenvalue weighted by molar-refractivity contribution is -0.114. The van der Waals surface area contributed by atoms with Gasteiger partial charge in [-0.15, -0.1) is 0 Å². The second-order valence-electron chi connectivity index (χ2n) is 4.10. The van der Waals surface area contributed by atoms with E-state index < -0.39 is 0 Å². The van der Waals surface area contributed by atoms with Crippen LogP contribution in [0.5, 0.6) is 0 Å². The Morgan fingerprint density at radius 2 is 1.92 bits per heavy atom. The van der Waals surface area contributed by atoms with Crippen LogP contribution in [-0.4, -0.2) is 45.5 Å². The minimum absolute atomic E-state index is 0.0842. The third-order valence-electron chi connectivity index (χ3n) is 2.81. The van der Waals surface area contributed by atoms with Crippen molar-refractivity contribution in [3.63, 3.8) is 0 Å². The van der Waals surface area contributed by atoms with Gasteiger partial charge in [-0.05, 0) is 25.3 Å². The van der Waals surface area contributed by atoms with E-state index in [1.165, 1.54) is 13.0 Å². The fourth-order valence-corrected chi connectivity index (χ4v) is 1.63. The van der Waals surface area contributed by atoms with E-state index in [9.17, 15) is 0 Å². The van der Waals surface area contributed by atoms with Crippen LogP contribution in [0.2, 0.25) is 0 Å². The van der Waals surface area contributed by atoms with Gasteiger partial charge in [-0.25, -0.2) is 0 Å². The van der Waals surface area contributed by atoms with Crippen molar-refractivity contribution in [2.45, 2.75) is 19.6 Å². The van der Waals surface area contributed by atoms with Crippen molar-refractivity contribution in [1.29, 1.82) is 0 Å². The van der Waals surface area contributed by atoms with E-state index in [-0.39, 0.29) is 6.29 Å². The van der Waals surface area contributed by atoms with Crippen molar-refractivity contribution in [3.8, 4) is 0 Å². The van der Waals surface area contributed by atoms with Crippen molar-refractivity contribution in [2.24, 2.45) is 11.8 Å². The monoisotopic (exact) mass is 187 g/mol. The van der Waals surface area contributed by atoms with E-state index >= 15 is 0 Å². The summed E-state index contributed by atoms with van der Waals surface area (Å²) < 4.78 is 10.3. The van der Waals surface area contributed by atoms with Crippen LogP contribution in [0.15, 0.2) is 0 Å². The Labute approximate surface area is 81.0 Å². The predicted molar refractivity (Wildman–Crippen MR) is 52.6 cm³/mol. The van der Waals surface area contributed by atoms with Crippen LogP contribution in [0, 0.1) is 11.8 Å². The molecular formula is C10H21NO2. The molecule has 0 aromatic heterocycles. The normalized spacial score (nSPS) is 27.2. The molecule has 0 aromatic carbocycles. The maximum absolute atomic E-state index is 5.14. The summed E-state index contributed by atoms with van der Waals surface area (Å²) in [6.07, 6.45) is 1.30. The Balaban J connectivity index is 2.12. The van der Waals surface area contributed by atoms with Crippen LogP contribution in [0.25, 0.3) is 0 Å². The molecule has 1 saturated carbocycles. The van der Waals surface area contributed by atoms with E-state index in [4.69, 9.17) is 9.47 Å². The van der Waals surface area contributed by atoms with Gasteiger partial charge in [0.25, 0.3) is 0 Å². The highest BCUT2D eigenvalue weighted by molar-refractivity contribution is 4.84. The highest BCUT2D eigenvalue weighted by Gasteiger charge is 2.33. The molecule has 78 valence electrons. The highest BCUT2D eigenvalue weighted by atomic mass is 16.7. The largest absolute Gasteiger partial charge is 0.355 e. The molecule has 0 radical (unpaired) electrons. The molecule has 0 saturated heterocycles. The topological polar surface area (TPSA) is 21.7 Å². The molecule has 13 heavy (non-hydrogen) atoms. The first-order valence-electron chi connectivity index (χ1n) is 4.91. The lowest BCUT2D eigenvalue weighted by Crippen LogP contribution is -2.33. The van der Waals surface area contributed by atoms with Crippen molar-refractivity contribution in [1.82, 2.24) is 4.90 Å². The summed E-state index contributed by atoms with van der Waals surface area (Å²) in [5, 5.41) is 0. The van der Waals surface area contributed by atoms with Crippen molar-refractivity contribution in [3.05, 3.63) is 0 Å². The molecule has 0 amide bonds. The Morgan fingerprint density at radius 3 is 2.31 bits per heavy atom. The number of methoxy groups -OCH3 is 2. The maximum Gasteiger partial charge on any atom is 0.169 e. The zero-order valence-electron chi connectivity index (χ0n) is 9.12. The third-order valence-corrected chi connectivity index (χ3v) is 2.81. The molecule has 3 nitrogen and oxygen atoms in total. The second-order valence-corrected chi connectivity index (χ2v) is 4.10. The maximum atomic E-state index is 5.14. The Hall–Kier alpha value is -0.120. The van der Waals surface area contributed by atoms with Gasteiger partial charge in [0.05, 0.1) is 0 Å². The lowest BCUT2D eigenvalue weighted by Gasteiger charge is -2.21. The van der Waals surface area contributed by atoms with Crippen LogP contribution >= 0.6 is 0 Å². The van der Waals surface area contributed by atoms with Gasteiger partial charge in [-0.2, -0.15) is 0 Å². The summed E-state index contributed by atoms with van der Waals surface area (Å²) in [5.74, 6) is 1.82. The third kappa shape index (κ3) is 3.63. The average molecular weight is 187 g/mol. The van der Waals surface area contributed by atoms with Crippen LogP contribution in [-0.2, 0) is 9.47 Å². The van der Waals surface area contributed by atoms with Gasteiger partial charge in [0, 0.05) is 27.3 Å². The molecular weight excluding hydrogens is 166 g/mol. The van der Waals surface area contributed by atoms with Gasteiger partial charge in [-0.1, -0.05) is 6.92 Å². The smallest absolute Gasteiger partial charge is 0.169 e. The summed E-state index contributed by atoms with van der Waals surface area (Å²) in [7, 11) is 5.49. The lowest BCUT2D eigenvalue weighted by atomic mass is 10.3. The SMILES string of the molecule is COC(CN(C)CC1CC1C)OC. The van der Waals surface area contributed by atoms with E-state index in [0.29, 0.717) is 0 Å². The zero-order chi connectivity index (χ0) is 9.84. The number of hydrogen-bond donors (Lipinski definition) is 0. The molecule has 2 atom stereocenters. The standard InChI is InChI=1S/C10H21NO2/c1-8-5-9(8)6-11(2)7-10(12-3)13-4/h8-10H,5-7H2,1-4H3. The van der Waals surface area contributed by atoms with Crippen molar-refractivity contribution in [2.75, 3.05) is 34.4 Å². The molecule has 1 fully saturated rings. The first-order valence-corrected chi connectivity index (χ1v) is 4.91. The predicted octanol–water partition coefficient (Wildman–Crippen LogP) is 1.19. The molecule has 2 unspecified atom stereocenters. The fourth-order valence-electron chi connectivity index (χ4n) is 1.63. The van der Waals surface area contributed by atoms with E-state index in [0.717, 1.165) is 18.4 Å². The molecule has 1 aliphatic rings. The van der Waals surface area contributed by atoms with Gasteiger partial charge < -0.3 is 14.4 Å². The number of nitrogens with zero attached hydrogens (tertiary/aromatic N) is 1. The molecule has 0 N–H and O–H groups in total. The van der Waals surface area contributed by atoms with Gasteiger partial charge in [-0.3, -0.25) is 0 Å². The number of hydrogen-bond acceptors (Lipinski definition) is 3. The Morgan fingerprint density at radius 1 is 1.38 bits per heavy atom. The van der Waals surface area contributed by atoms with Crippen molar-refractivity contribution < 1.29 is 9.47 Å². The highest BCUT2D eigenvalue weighted by Crippen LogP contribution is 2.37. The van der Waals surface area contributed by atoms with Crippen LogP contribution in [0.1, 0.15) is 13.3 Å². The van der Waals surface area contributed by atoms with Crippen molar-refractivity contribution >= 4 is 0 Å². The summed E-state index contributed by atoms with van der Waals surface area (Å²) in [4.78, 5) is 2.28. The second kappa shape index (κ2) is 4.94. The molecule has 0 bridgehead atoms. The van der Waals surface area contributed by atoms with Crippen LogP contribution < -0.4 is 0 Å². The minimum Gasteiger partial charge on any atom is -0.355 e. The van der Waals surface area contributed by atoms with Gasteiger partial charge in [0.1, 0.15) is 0 Å². The number of ether oxygens (including phenoxy) is 2. The Kier molecular flexibility index (Phi) is 4.16. The van der Waals surface area contributed by atoms with E-state index in [2.05, 4.69) is 18.9 Å². The molecule has 0 heterocycles. The molecule has 0 aliphatic heterocycles. The summed E-state index contributed by atoms with van der Waals surface area (Å²) in [6, 6.07) is 0. The molecule has 3 heteroatoms.